The van der Waals surface area contributed by atoms with Crippen molar-refractivity contribution in [2.75, 3.05) is 6.54 Å². The molecule has 0 aliphatic carbocycles. The van der Waals surface area contributed by atoms with Gasteiger partial charge in [-0.25, -0.2) is 0 Å². The second kappa shape index (κ2) is 5.84. The molecule has 3 nitrogen and oxygen atoms in total. The van der Waals surface area contributed by atoms with Gasteiger partial charge in [0, 0.05) is 6.54 Å². The van der Waals surface area contributed by atoms with E-state index in [1.807, 2.05) is 12.1 Å². The van der Waals surface area contributed by atoms with Gasteiger partial charge in [-0.2, -0.15) is 0 Å². The third kappa shape index (κ3) is 5.68. The zero-order chi connectivity index (χ0) is 12.2. The Morgan fingerprint density at radius 3 is 2.62 bits per heavy atom. The normalized spacial score (nSPS) is 14.1. The molecule has 0 aliphatic rings. The van der Waals surface area contributed by atoms with Crippen molar-refractivity contribution in [3.63, 3.8) is 0 Å². The first-order valence-corrected chi connectivity index (χ1v) is 6.29. The Labute approximate surface area is 105 Å². The molecule has 0 bridgehead atoms. The molecule has 0 spiro atoms. The lowest BCUT2D eigenvalue weighted by Crippen LogP contribution is -2.29. The van der Waals surface area contributed by atoms with E-state index in [9.17, 15) is 5.11 Å². The van der Waals surface area contributed by atoms with Gasteiger partial charge in [-0.15, -0.1) is 0 Å². The van der Waals surface area contributed by atoms with Crippen molar-refractivity contribution in [3.8, 4) is 0 Å². The maximum Gasteiger partial charge on any atom is 0.169 e. The molecule has 0 aromatic carbocycles. The van der Waals surface area contributed by atoms with Gasteiger partial charge in [0.15, 0.2) is 4.67 Å². The standard InChI is InChI=1S/C12H20BrNO2/c1-12(2,3)6-9(15)7-14-8-10-4-5-11(13)16-10/h4-5,9,14-15H,6-8H2,1-3H3. The van der Waals surface area contributed by atoms with Crippen LogP contribution in [0.1, 0.15) is 33.0 Å². The molecule has 1 aromatic rings. The highest BCUT2D eigenvalue weighted by molar-refractivity contribution is 9.10. The maximum absolute atomic E-state index is 9.77. The monoisotopic (exact) mass is 289 g/mol. The van der Waals surface area contributed by atoms with Crippen LogP contribution in [0.2, 0.25) is 0 Å². The number of aliphatic hydroxyl groups excluding tert-OH is 1. The Morgan fingerprint density at radius 2 is 2.12 bits per heavy atom. The number of aliphatic hydroxyl groups is 1. The Morgan fingerprint density at radius 1 is 1.44 bits per heavy atom. The summed E-state index contributed by atoms with van der Waals surface area (Å²) in [7, 11) is 0. The minimum absolute atomic E-state index is 0.162. The second-order valence-corrected chi connectivity index (χ2v) is 6.04. The number of hydrogen-bond donors (Lipinski definition) is 2. The summed E-state index contributed by atoms with van der Waals surface area (Å²) in [5.41, 5.74) is 0.162. The topological polar surface area (TPSA) is 45.4 Å². The zero-order valence-electron chi connectivity index (χ0n) is 10.1. The van der Waals surface area contributed by atoms with Crippen LogP contribution in [0.25, 0.3) is 0 Å². The molecule has 2 N–H and O–H groups in total. The summed E-state index contributed by atoms with van der Waals surface area (Å²) in [5.74, 6) is 0.870. The molecule has 1 heterocycles. The van der Waals surface area contributed by atoms with Crippen LogP contribution in [0.5, 0.6) is 0 Å². The summed E-state index contributed by atoms with van der Waals surface area (Å²) < 4.78 is 6.07. The van der Waals surface area contributed by atoms with E-state index in [-0.39, 0.29) is 11.5 Å². The lowest BCUT2D eigenvalue weighted by atomic mass is 9.89. The van der Waals surface area contributed by atoms with Gasteiger partial charge >= 0.3 is 0 Å². The van der Waals surface area contributed by atoms with Crippen molar-refractivity contribution in [1.82, 2.24) is 5.32 Å². The minimum Gasteiger partial charge on any atom is -0.453 e. The lowest BCUT2D eigenvalue weighted by molar-refractivity contribution is 0.119. The van der Waals surface area contributed by atoms with Crippen LogP contribution >= 0.6 is 15.9 Å². The average molecular weight is 290 g/mol. The van der Waals surface area contributed by atoms with Crippen LogP contribution in [0, 0.1) is 5.41 Å². The van der Waals surface area contributed by atoms with Crippen LogP contribution in [-0.4, -0.2) is 17.8 Å². The van der Waals surface area contributed by atoms with Gasteiger partial charge in [-0.05, 0) is 39.9 Å². The van der Waals surface area contributed by atoms with Crippen LogP contribution in [0.15, 0.2) is 21.2 Å². The van der Waals surface area contributed by atoms with Crippen molar-refractivity contribution in [3.05, 3.63) is 22.6 Å². The van der Waals surface area contributed by atoms with E-state index in [2.05, 4.69) is 42.0 Å². The first-order chi connectivity index (χ1) is 7.37. The van der Waals surface area contributed by atoms with Gasteiger partial charge in [0.2, 0.25) is 0 Å². The average Bonchev–Trinajstić information content (AvgIpc) is 2.48. The molecule has 4 heteroatoms. The molecule has 0 saturated heterocycles. The number of rotatable bonds is 5. The third-order valence-electron chi connectivity index (χ3n) is 2.16. The number of halogens is 1. The van der Waals surface area contributed by atoms with Crippen LogP contribution < -0.4 is 5.32 Å². The Kier molecular flexibility index (Phi) is 5.02. The Balaban J connectivity index is 2.20. The predicted octanol–water partition coefficient (Wildman–Crippen LogP) is 2.93. The first-order valence-electron chi connectivity index (χ1n) is 5.50. The first kappa shape index (κ1) is 13.7. The fourth-order valence-corrected chi connectivity index (χ4v) is 1.93. The van der Waals surface area contributed by atoms with Crippen LogP contribution in [-0.2, 0) is 6.54 Å². The molecule has 92 valence electrons. The number of furan rings is 1. The molecule has 0 saturated carbocycles. The van der Waals surface area contributed by atoms with Gasteiger partial charge in [0.05, 0.1) is 12.6 Å². The van der Waals surface area contributed by atoms with E-state index in [1.54, 1.807) is 0 Å². The Hall–Kier alpha value is -0.320. The van der Waals surface area contributed by atoms with Crippen molar-refractivity contribution >= 4 is 15.9 Å². The summed E-state index contributed by atoms with van der Waals surface area (Å²) in [6, 6.07) is 3.77. The zero-order valence-corrected chi connectivity index (χ0v) is 11.7. The molecular weight excluding hydrogens is 270 g/mol. The quantitative estimate of drug-likeness (QED) is 0.876. The second-order valence-electron chi connectivity index (χ2n) is 5.26. The fourth-order valence-electron chi connectivity index (χ4n) is 1.59. The largest absolute Gasteiger partial charge is 0.453 e. The van der Waals surface area contributed by atoms with E-state index in [0.29, 0.717) is 13.1 Å². The van der Waals surface area contributed by atoms with Gasteiger partial charge in [0.25, 0.3) is 0 Å². The molecule has 1 rings (SSSR count). The van der Waals surface area contributed by atoms with Crippen LogP contribution in [0.3, 0.4) is 0 Å². The van der Waals surface area contributed by atoms with Crippen molar-refractivity contribution in [2.45, 2.75) is 39.8 Å². The molecular formula is C12H20BrNO2. The molecule has 0 fully saturated rings. The molecule has 1 aromatic heterocycles. The summed E-state index contributed by atoms with van der Waals surface area (Å²) in [6.45, 7) is 7.61. The van der Waals surface area contributed by atoms with E-state index >= 15 is 0 Å². The van der Waals surface area contributed by atoms with Crippen molar-refractivity contribution in [2.24, 2.45) is 5.41 Å². The molecule has 0 aliphatic heterocycles. The van der Waals surface area contributed by atoms with E-state index in [1.165, 1.54) is 0 Å². The molecule has 16 heavy (non-hydrogen) atoms. The van der Waals surface area contributed by atoms with Gasteiger partial charge < -0.3 is 14.8 Å². The van der Waals surface area contributed by atoms with Gasteiger partial charge in [-0.1, -0.05) is 20.8 Å². The summed E-state index contributed by atoms with van der Waals surface area (Å²) >= 11 is 3.25. The third-order valence-corrected chi connectivity index (χ3v) is 2.58. The minimum atomic E-state index is -0.307. The van der Waals surface area contributed by atoms with E-state index in [4.69, 9.17) is 4.42 Å². The smallest absolute Gasteiger partial charge is 0.169 e. The molecule has 1 atom stereocenters. The highest BCUT2D eigenvalue weighted by atomic mass is 79.9. The van der Waals surface area contributed by atoms with Crippen molar-refractivity contribution in [1.29, 1.82) is 0 Å². The Bertz CT molecular complexity index is 317. The van der Waals surface area contributed by atoms with Crippen LogP contribution in [0.4, 0.5) is 0 Å². The highest BCUT2D eigenvalue weighted by Gasteiger charge is 2.16. The fraction of sp³-hybridized carbons (Fsp3) is 0.667. The van der Waals surface area contributed by atoms with Gasteiger partial charge in [-0.3, -0.25) is 0 Å². The predicted molar refractivity (Wildman–Crippen MR) is 68.2 cm³/mol. The maximum atomic E-state index is 9.77. The lowest BCUT2D eigenvalue weighted by Gasteiger charge is -2.22. The molecule has 1 unspecified atom stereocenters. The SMILES string of the molecule is CC(C)(C)CC(O)CNCc1ccc(Br)o1. The van der Waals surface area contributed by atoms with Crippen molar-refractivity contribution < 1.29 is 9.52 Å². The highest BCUT2D eigenvalue weighted by Crippen LogP contribution is 2.20. The summed E-state index contributed by atoms with van der Waals surface area (Å²) in [5, 5.41) is 12.9. The number of hydrogen-bond acceptors (Lipinski definition) is 3. The van der Waals surface area contributed by atoms with Gasteiger partial charge in [0.1, 0.15) is 5.76 Å². The molecule has 0 amide bonds. The summed E-state index contributed by atoms with van der Waals surface area (Å²) in [4.78, 5) is 0. The van der Waals surface area contributed by atoms with E-state index in [0.717, 1.165) is 16.9 Å². The van der Waals surface area contributed by atoms with E-state index < -0.39 is 0 Å². The summed E-state index contributed by atoms with van der Waals surface area (Å²) in [6.07, 6.45) is 0.486. The number of nitrogens with one attached hydrogen (secondary N) is 1. The molecule has 0 radical (unpaired) electrons.